The predicted octanol–water partition coefficient (Wildman–Crippen LogP) is 0.453. The number of carbonyl (C=O) groups excluding carboxylic acids is 1. The van der Waals surface area contributed by atoms with Gasteiger partial charge in [0.25, 0.3) is 5.91 Å². The van der Waals surface area contributed by atoms with Crippen LogP contribution in [0.25, 0.3) is 0 Å². The van der Waals surface area contributed by atoms with Gasteiger partial charge in [0, 0.05) is 13.1 Å². The number of aliphatic carboxylic acids is 2. The molecule has 0 radical (unpaired) electrons. The van der Waals surface area contributed by atoms with Crippen molar-refractivity contribution in [3.63, 3.8) is 0 Å². The normalized spacial score (nSPS) is 30.9. The molecule has 7 nitrogen and oxygen atoms in total. The number of hydrogen-bond acceptors (Lipinski definition) is 5. The van der Waals surface area contributed by atoms with Gasteiger partial charge < -0.3 is 15.1 Å². The van der Waals surface area contributed by atoms with E-state index < -0.39 is 22.8 Å². The number of thiazole rings is 1. The summed E-state index contributed by atoms with van der Waals surface area (Å²) in [5, 5.41) is 18.6. The summed E-state index contributed by atoms with van der Waals surface area (Å²) in [6.07, 6.45) is 0.0934. The summed E-state index contributed by atoms with van der Waals surface area (Å²) in [6, 6.07) is 0. The van der Waals surface area contributed by atoms with Crippen LogP contribution in [0.3, 0.4) is 0 Å². The molecule has 1 saturated carbocycles. The van der Waals surface area contributed by atoms with Crippen molar-refractivity contribution in [2.75, 3.05) is 13.1 Å². The van der Waals surface area contributed by atoms with Gasteiger partial charge in [0.05, 0.1) is 11.2 Å². The van der Waals surface area contributed by atoms with Gasteiger partial charge in [-0.25, -0.2) is 4.98 Å². The number of aryl methyl sites for hydroxylation is 1. The Morgan fingerprint density at radius 3 is 2.20 bits per heavy atom. The van der Waals surface area contributed by atoms with E-state index in [-0.39, 0.29) is 25.4 Å². The number of carbonyl (C=O) groups is 3. The second kappa shape index (κ2) is 3.78. The summed E-state index contributed by atoms with van der Waals surface area (Å²) in [6.45, 7) is 1.59. The fourth-order valence-electron chi connectivity index (χ4n) is 3.08. The summed E-state index contributed by atoms with van der Waals surface area (Å²) in [4.78, 5) is 40.9. The van der Waals surface area contributed by atoms with Gasteiger partial charge in [0.2, 0.25) is 0 Å². The molecule has 0 unspecified atom stereocenters. The average Bonchev–Trinajstić information content (AvgIpc) is 2.70. The fourth-order valence-corrected chi connectivity index (χ4v) is 3.85. The minimum atomic E-state index is -1.33. The number of rotatable bonds is 3. The van der Waals surface area contributed by atoms with Crippen LogP contribution in [0, 0.1) is 17.8 Å². The Balaban J connectivity index is 1.90. The zero-order chi connectivity index (χ0) is 14.7. The summed E-state index contributed by atoms with van der Waals surface area (Å²) in [5.41, 5.74) is -0.534. The predicted molar refractivity (Wildman–Crippen MR) is 67.5 cm³/mol. The number of hydrogen-bond donors (Lipinski definition) is 2. The van der Waals surface area contributed by atoms with E-state index in [0.29, 0.717) is 10.6 Å². The van der Waals surface area contributed by atoms with Gasteiger partial charge in [-0.2, -0.15) is 0 Å². The molecule has 1 aromatic rings. The summed E-state index contributed by atoms with van der Waals surface area (Å²) < 4.78 is 0. The van der Waals surface area contributed by atoms with Crippen LogP contribution in [0.4, 0.5) is 0 Å². The number of likely N-dealkylation sites (tertiary alicyclic amines) is 1. The first-order chi connectivity index (χ1) is 9.34. The minimum Gasteiger partial charge on any atom is -0.481 e. The molecule has 0 bridgehead atoms. The summed E-state index contributed by atoms with van der Waals surface area (Å²) in [7, 11) is 0. The minimum absolute atomic E-state index is 0.0508. The Labute approximate surface area is 117 Å². The van der Waals surface area contributed by atoms with E-state index in [4.69, 9.17) is 0 Å². The number of amides is 1. The smallest absolute Gasteiger partial charge is 0.312 e. The molecule has 1 saturated heterocycles. The molecule has 0 aromatic carbocycles. The lowest BCUT2D eigenvalue weighted by Gasteiger charge is -2.19. The molecule has 1 amide bonds. The first-order valence-corrected chi connectivity index (χ1v) is 6.88. The van der Waals surface area contributed by atoms with Crippen LogP contribution in [-0.2, 0) is 9.59 Å². The van der Waals surface area contributed by atoms with Crippen molar-refractivity contribution in [2.45, 2.75) is 13.3 Å². The van der Waals surface area contributed by atoms with Crippen LogP contribution in [-0.4, -0.2) is 51.0 Å². The number of piperidine rings is 1. The standard InChI is InChI=1S/C12H12N2O5S/c1-6-7(20-5-13-6)8(15)14-3-11(9(16)17)2-12(11,4-14)10(18)19/h5H,2-4H2,1H3,(H,16,17)(H,18,19)/t11-,12+. The molecular formula is C12H12N2O5S. The lowest BCUT2D eigenvalue weighted by molar-refractivity contribution is -0.151. The molecule has 2 N–H and O–H groups in total. The molecule has 20 heavy (non-hydrogen) atoms. The molecule has 2 heterocycles. The number of carboxylic acids is 2. The lowest BCUT2D eigenvalue weighted by Crippen LogP contribution is -2.34. The quantitative estimate of drug-likeness (QED) is 0.838. The SMILES string of the molecule is Cc1ncsc1C(=O)N1C[C@@]2(C(=O)O)C[C@@]2(C(=O)O)C1. The average molecular weight is 296 g/mol. The third-order valence-electron chi connectivity index (χ3n) is 4.36. The summed E-state index contributed by atoms with van der Waals surface area (Å²) in [5.74, 6) is -2.62. The number of fused-ring (bicyclic) bond motifs is 1. The molecule has 0 spiro atoms. The van der Waals surface area contributed by atoms with Crippen molar-refractivity contribution in [2.24, 2.45) is 10.8 Å². The van der Waals surface area contributed by atoms with Gasteiger partial charge >= 0.3 is 11.9 Å². The van der Waals surface area contributed by atoms with Crippen molar-refractivity contribution in [1.29, 1.82) is 0 Å². The Kier molecular flexibility index (Phi) is 2.47. The van der Waals surface area contributed by atoms with E-state index >= 15 is 0 Å². The van der Waals surface area contributed by atoms with Crippen molar-refractivity contribution in [3.05, 3.63) is 16.1 Å². The number of carboxylic acid groups (broad SMARTS) is 2. The highest BCUT2D eigenvalue weighted by molar-refractivity contribution is 7.11. The molecule has 8 heteroatoms. The van der Waals surface area contributed by atoms with Gasteiger partial charge in [-0.1, -0.05) is 0 Å². The van der Waals surface area contributed by atoms with Crippen LogP contribution in [0.2, 0.25) is 0 Å². The maximum atomic E-state index is 12.3. The molecule has 2 aliphatic rings. The van der Waals surface area contributed by atoms with Crippen molar-refractivity contribution < 1.29 is 24.6 Å². The molecule has 3 rings (SSSR count). The van der Waals surface area contributed by atoms with Crippen LogP contribution in [0.5, 0.6) is 0 Å². The lowest BCUT2D eigenvalue weighted by atomic mass is 9.97. The molecule has 1 aliphatic carbocycles. The largest absolute Gasteiger partial charge is 0.481 e. The maximum Gasteiger partial charge on any atom is 0.312 e. The first kappa shape index (κ1) is 13.0. The van der Waals surface area contributed by atoms with Crippen molar-refractivity contribution in [1.82, 2.24) is 9.88 Å². The molecule has 2 fully saturated rings. The number of nitrogens with zero attached hydrogens (tertiary/aromatic N) is 2. The van der Waals surface area contributed by atoms with E-state index in [1.54, 1.807) is 12.4 Å². The Morgan fingerprint density at radius 1 is 1.25 bits per heavy atom. The highest BCUT2D eigenvalue weighted by Gasteiger charge is 2.81. The highest BCUT2D eigenvalue weighted by Crippen LogP contribution is 2.68. The van der Waals surface area contributed by atoms with Crippen LogP contribution < -0.4 is 0 Å². The Bertz CT molecular complexity index is 614. The molecular weight excluding hydrogens is 284 g/mol. The van der Waals surface area contributed by atoms with E-state index in [2.05, 4.69) is 4.98 Å². The molecule has 1 aliphatic heterocycles. The van der Waals surface area contributed by atoms with Gasteiger partial charge in [-0.15, -0.1) is 11.3 Å². The zero-order valence-electron chi connectivity index (χ0n) is 10.6. The van der Waals surface area contributed by atoms with Crippen LogP contribution in [0.1, 0.15) is 21.8 Å². The molecule has 106 valence electrons. The second-order valence-corrected chi connectivity index (χ2v) is 6.23. The van der Waals surface area contributed by atoms with Crippen molar-refractivity contribution >= 4 is 29.2 Å². The summed E-state index contributed by atoms with van der Waals surface area (Å²) >= 11 is 1.18. The third kappa shape index (κ3) is 1.39. The third-order valence-corrected chi connectivity index (χ3v) is 5.28. The van der Waals surface area contributed by atoms with Crippen molar-refractivity contribution in [3.8, 4) is 0 Å². The van der Waals surface area contributed by atoms with Crippen LogP contribution >= 0.6 is 11.3 Å². The molecule has 1 aromatic heterocycles. The Morgan fingerprint density at radius 2 is 1.80 bits per heavy atom. The first-order valence-electron chi connectivity index (χ1n) is 6.00. The van der Waals surface area contributed by atoms with E-state index in [1.165, 1.54) is 16.2 Å². The maximum absolute atomic E-state index is 12.3. The monoisotopic (exact) mass is 296 g/mol. The van der Waals surface area contributed by atoms with Crippen LogP contribution in [0.15, 0.2) is 5.51 Å². The topological polar surface area (TPSA) is 108 Å². The van der Waals surface area contributed by atoms with Gasteiger partial charge in [-0.05, 0) is 13.3 Å². The van der Waals surface area contributed by atoms with E-state index in [0.717, 1.165) is 0 Å². The highest BCUT2D eigenvalue weighted by atomic mass is 32.1. The van der Waals surface area contributed by atoms with Gasteiger partial charge in [-0.3, -0.25) is 14.4 Å². The van der Waals surface area contributed by atoms with E-state index in [9.17, 15) is 24.6 Å². The number of aromatic nitrogens is 1. The fraction of sp³-hybridized carbons (Fsp3) is 0.500. The Hall–Kier alpha value is -1.96. The van der Waals surface area contributed by atoms with Gasteiger partial charge in [0.15, 0.2) is 0 Å². The second-order valence-electron chi connectivity index (χ2n) is 5.38. The van der Waals surface area contributed by atoms with Gasteiger partial charge in [0.1, 0.15) is 15.7 Å². The molecule has 2 atom stereocenters. The van der Waals surface area contributed by atoms with E-state index in [1.807, 2.05) is 0 Å². The zero-order valence-corrected chi connectivity index (χ0v) is 11.4.